The van der Waals surface area contributed by atoms with E-state index in [-0.39, 0.29) is 11.4 Å². The Morgan fingerprint density at radius 3 is 2.48 bits per heavy atom. The van der Waals surface area contributed by atoms with E-state index in [1.165, 1.54) is 18.2 Å². The Balaban J connectivity index is 2.23. The number of anilines is 1. The van der Waals surface area contributed by atoms with E-state index in [1.807, 2.05) is 0 Å². The fraction of sp³-hybridized carbons (Fsp3) is 0.214. The summed E-state index contributed by atoms with van der Waals surface area (Å²) in [5, 5.41) is 2.40. The molecule has 0 aliphatic rings. The minimum atomic E-state index is -4.46. The van der Waals surface area contributed by atoms with Crippen molar-refractivity contribution in [3.05, 3.63) is 53.1 Å². The summed E-state index contributed by atoms with van der Waals surface area (Å²) in [6, 6.07) is 5.90. The average Bonchev–Trinajstić information content (AvgIpc) is 2.37. The molecular formula is C14H12F3N3O. The van der Waals surface area contributed by atoms with Gasteiger partial charge >= 0.3 is 6.18 Å². The standard InChI is InChI=1S/C14H12F3N3O/c1-8-6-12(19-9(2)18-8)13(21)20-11-5-3-4-10(7-11)14(15,16)17/h3-7H,1-2H3,(H,20,21). The van der Waals surface area contributed by atoms with Crippen molar-refractivity contribution in [2.75, 3.05) is 5.32 Å². The summed E-state index contributed by atoms with van der Waals surface area (Å²) >= 11 is 0. The Morgan fingerprint density at radius 1 is 1.14 bits per heavy atom. The van der Waals surface area contributed by atoms with Crippen LogP contribution in [0.1, 0.15) is 27.6 Å². The quantitative estimate of drug-likeness (QED) is 0.924. The molecule has 21 heavy (non-hydrogen) atoms. The lowest BCUT2D eigenvalue weighted by Crippen LogP contribution is -2.16. The summed E-state index contributed by atoms with van der Waals surface area (Å²) in [5.41, 5.74) is -0.0480. The van der Waals surface area contributed by atoms with Gasteiger partial charge in [0.15, 0.2) is 0 Å². The first-order valence-electron chi connectivity index (χ1n) is 6.06. The number of aromatic nitrogens is 2. The maximum atomic E-state index is 12.6. The third kappa shape index (κ3) is 3.77. The first kappa shape index (κ1) is 15.0. The second-order valence-corrected chi connectivity index (χ2v) is 4.47. The number of carbonyl (C=O) groups excluding carboxylic acids is 1. The van der Waals surface area contributed by atoms with E-state index < -0.39 is 17.6 Å². The van der Waals surface area contributed by atoms with Gasteiger partial charge in [0.05, 0.1) is 5.56 Å². The van der Waals surface area contributed by atoms with Crippen LogP contribution in [0.2, 0.25) is 0 Å². The van der Waals surface area contributed by atoms with Crippen LogP contribution in [0, 0.1) is 13.8 Å². The van der Waals surface area contributed by atoms with Gasteiger partial charge < -0.3 is 5.32 Å². The molecule has 0 spiro atoms. The summed E-state index contributed by atoms with van der Waals surface area (Å²) < 4.78 is 37.8. The van der Waals surface area contributed by atoms with Crippen molar-refractivity contribution in [3.63, 3.8) is 0 Å². The fourth-order valence-electron chi connectivity index (χ4n) is 1.80. The van der Waals surface area contributed by atoms with Crippen LogP contribution in [0.15, 0.2) is 30.3 Å². The van der Waals surface area contributed by atoms with Gasteiger partial charge in [-0.25, -0.2) is 9.97 Å². The number of nitrogens with zero attached hydrogens (tertiary/aromatic N) is 2. The predicted molar refractivity (Wildman–Crippen MR) is 70.9 cm³/mol. The number of rotatable bonds is 2. The maximum Gasteiger partial charge on any atom is 0.416 e. The first-order valence-corrected chi connectivity index (χ1v) is 6.06. The van der Waals surface area contributed by atoms with Crippen molar-refractivity contribution >= 4 is 11.6 Å². The zero-order valence-corrected chi connectivity index (χ0v) is 11.3. The van der Waals surface area contributed by atoms with Crippen LogP contribution in [0.5, 0.6) is 0 Å². The molecule has 2 rings (SSSR count). The van der Waals surface area contributed by atoms with Crippen LogP contribution >= 0.6 is 0 Å². The van der Waals surface area contributed by atoms with Crippen LogP contribution in [0.3, 0.4) is 0 Å². The van der Waals surface area contributed by atoms with Gasteiger partial charge in [-0.1, -0.05) is 6.07 Å². The van der Waals surface area contributed by atoms with E-state index in [0.717, 1.165) is 12.1 Å². The van der Waals surface area contributed by atoms with E-state index in [0.29, 0.717) is 11.5 Å². The van der Waals surface area contributed by atoms with Crippen molar-refractivity contribution in [2.24, 2.45) is 0 Å². The van der Waals surface area contributed by atoms with Crippen molar-refractivity contribution in [1.82, 2.24) is 9.97 Å². The molecule has 0 saturated carbocycles. The third-order valence-corrected chi connectivity index (χ3v) is 2.65. The van der Waals surface area contributed by atoms with Gasteiger partial charge in [-0.15, -0.1) is 0 Å². The number of hydrogen-bond donors (Lipinski definition) is 1. The van der Waals surface area contributed by atoms with Gasteiger partial charge in [0.25, 0.3) is 5.91 Å². The average molecular weight is 295 g/mol. The van der Waals surface area contributed by atoms with Crippen molar-refractivity contribution in [2.45, 2.75) is 20.0 Å². The molecule has 0 fully saturated rings. The van der Waals surface area contributed by atoms with Crippen molar-refractivity contribution in [1.29, 1.82) is 0 Å². The number of carbonyl (C=O) groups is 1. The van der Waals surface area contributed by atoms with Gasteiger partial charge in [0, 0.05) is 11.4 Å². The summed E-state index contributed by atoms with van der Waals surface area (Å²) in [6.45, 7) is 3.34. The number of hydrogen-bond acceptors (Lipinski definition) is 3. The van der Waals surface area contributed by atoms with E-state index in [4.69, 9.17) is 0 Å². The highest BCUT2D eigenvalue weighted by Gasteiger charge is 2.30. The fourth-order valence-corrected chi connectivity index (χ4v) is 1.80. The van der Waals surface area contributed by atoms with E-state index in [1.54, 1.807) is 13.8 Å². The van der Waals surface area contributed by atoms with Gasteiger partial charge in [0.2, 0.25) is 0 Å². The summed E-state index contributed by atoms with van der Waals surface area (Å²) in [7, 11) is 0. The molecule has 1 N–H and O–H groups in total. The zero-order chi connectivity index (χ0) is 15.6. The lowest BCUT2D eigenvalue weighted by Gasteiger charge is -2.10. The molecule has 0 saturated heterocycles. The first-order chi connectivity index (χ1) is 9.75. The number of nitrogens with one attached hydrogen (secondary N) is 1. The van der Waals surface area contributed by atoms with Gasteiger partial charge in [-0.2, -0.15) is 13.2 Å². The summed E-state index contributed by atoms with van der Waals surface area (Å²) in [6.07, 6.45) is -4.46. The van der Waals surface area contributed by atoms with Gasteiger partial charge in [0.1, 0.15) is 11.5 Å². The third-order valence-electron chi connectivity index (χ3n) is 2.65. The highest BCUT2D eigenvalue weighted by Crippen LogP contribution is 2.30. The Bertz CT molecular complexity index is 663. The minimum Gasteiger partial charge on any atom is -0.321 e. The number of alkyl halides is 3. The second kappa shape index (κ2) is 5.51. The molecule has 110 valence electrons. The molecule has 1 aromatic heterocycles. The lowest BCUT2D eigenvalue weighted by molar-refractivity contribution is -0.137. The number of halogens is 3. The smallest absolute Gasteiger partial charge is 0.321 e. The summed E-state index contributed by atoms with van der Waals surface area (Å²) in [5.74, 6) is -0.160. The molecule has 1 heterocycles. The summed E-state index contributed by atoms with van der Waals surface area (Å²) in [4.78, 5) is 20.0. The van der Waals surface area contributed by atoms with Crippen LogP contribution in [-0.4, -0.2) is 15.9 Å². The molecule has 0 aliphatic heterocycles. The minimum absolute atomic E-state index is 0.0590. The van der Waals surface area contributed by atoms with E-state index >= 15 is 0 Å². The normalized spacial score (nSPS) is 11.3. The molecular weight excluding hydrogens is 283 g/mol. The van der Waals surface area contributed by atoms with Crippen LogP contribution in [0.4, 0.5) is 18.9 Å². The van der Waals surface area contributed by atoms with E-state index in [9.17, 15) is 18.0 Å². The van der Waals surface area contributed by atoms with Crippen LogP contribution in [-0.2, 0) is 6.18 Å². The number of aryl methyl sites for hydroxylation is 2. The Labute approximate surface area is 119 Å². The maximum absolute atomic E-state index is 12.6. The van der Waals surface area contributed by atoms with Gasteiger partial charge in [-0.05, 0) is 38.1 Å². The molecule has 2 aromatic rings. The highest BCUT2D eigenvalue weighted by molar-refractivity contribution is 6.02. The van der Waals surface area contributed by atoms with Crippen molar-refractivity contribution < 1.29 is 18.0 Å². The van der Waals surface area contributed by atoms with Crippen molar-refractivity contribution in [3.8, 4) is 0 Å². The highest BCUT2D eigenvalue weighted by atomic mass is 19.4. The molecule has 0 unspecified atom stereocenters. The molecule has 0 bridgehead atoms. The Hall–Kier alpha value is -2.44. The zero-order valence-electron chi connectivity index (χ0n) is 11.3. The molecule has 7 heteroatoms. The Morgan fingerprint density at radius 2 is 1.86 bits per heavy atom. The Kier molecular flexibility index (Phi) is 3.93. The monoisotopic (exact) mass is 295 g/mol. The second-order valence-electron chi connectivity index (χ2n) is 4.47. The lowest BCUT2D eigenvalue weighted by atomic mass is 10.2. The largest absolute Gasteiger partial charge is 0.416 e. The molecule has 1 aromatic carbocycles. The molecule has 0 aliphatic carbocycles. The van der Waals surface area contributed by atoms with E-state index in [2.05, 4.69) is 15.3 Å². The van der Waals surface area contributed by atoms with Crippen LogP contribution < -0.4 is 5.32 Å². The molecule has 0 atom stereocenters. The number of amides is 1. The van der Waals surface area contributed by atoms with Gasteiger partial charge in [-0.3, -0.25) is 4.79 Å². The predicted octanol–water partition coefficient (Wildman–Crippen LogP) is 3.36. The molecule has 0 radical (unpaired) electrons. The van der Waals surface area contributed by atoms with Crippen LogP contribution in [0.25, 0.3) is 0 Å². The molecule has 4 nitrogen and oxygen atoms in total. The molecule has 1 amide bonds. The number of benzene rings is 1. The SMILES string of the molecule is Cc1cc(C(=O)Nc2cccc(C(F)(F)F)c2)nc(C)n1. The topological polar surface area (TPSA) is 54.9 Å².